The van der Waals surface area contributed by atoms with Crippen molar-refractivity contribution in [3.8, 4) is 0 Å². The number of thioether (sulfide) groups is 1. The summed E-state index contributed by atoms with van der Waals surface area (Å²) in [6, 6.07) is 2.17. The Hall–Kier alpha value is -1.63. The number of unbranched alkanes of at least 4 members (excludes halogenated alkanes) is 1. The molecule has 1 unspecified atom stereocenters. The van der Waals surface area contributed by atoms with E-state index in [0.717, 1.165) is 48.4 Å². The van der Waals surface area contributed by atoms with E-state index in [1.54, 1.807) is 23.6 Å². The zero-order valence-electron chi connectivity index (χ0n) is 19.9. The van der Waals surface area contributed by atoms with Gasteiger partial charge in [-0.25, -0.2) is 8.78 Å². The van der Waals surface area contributed by atoms with Gasteiger partial charge >= 0.3 is 0 Å². The zero-order chi connectivity index (χ0) is 23.3. The number of amidine groups is 1. The van der Waals surface area contributed by atoms with Crippen LogP contribution in [0.4, 0.5) is 14.5 Å². The summed E-state index contributed by atoms with van der Waals surface area (Å²) in [6.45, 7) is 6.05. The maximum atomic E-state index is 14.4. The van der Waals surface area contributed by atoms with Crippen LogP contribution in [-0.4, -0.2) is 40.0 Å². The highest BCUT2D eigenvalue weighted by molar-refractivity contribution is 8.14. The van der Waals surface area contributed by atoms with Crippen molar-refractivity contribution in [2.75, 3.05) is 17.2 Å². The summed E-state index contributed by atoms with van der Waals surface area (Å²) in [5, 5.41) is 1.02. The van der Waals surface area contributed by atoms with Gasteiger partial charge in [-0.15, -0.1) is 0 Å². The Morgan fingerprint density at radius 3 is 2.39 bits per heavy atom. The first-order valence-corrected chi connectivity index (χ1v) is 13.5. The number of aliphatic imine (C=N–C) groups is 1. The number of hydrogen-bond acceptors (Lipinski definition) is 3. The molecule has 7 heteroatoms. The Morgan fingerprint density at radius 1 is 1.18 bits per heavy atom. The highest BCUT2D eigenvalue weighted by Gasteiger charge is 2.52. The van der Waals surface area contributed by atoms with E-state index >= 15 is 0 Å². The summed E-state index contributed by atoms with van der Waals surface area (Å²) in [6.07, 6.45) is 9.45. The standard InChI is InChI=1S/C26H35F2N3OS/c1-4-5-6-30-24(31(17(3)32)23-11-21(27)10-22(28)16(23)2)15-33-25(30)29-26-12-18-7-19(13-26)9-20(8-18)14-26/h10-11,18-20,24H,4-9,12-15H2,1-3H3. The average molecular weight is 476 g/mol. The fourth-order valence-electron chi connectivity index (χ4n) is 7.16. The molecule has 5 aliphatic rings. The lowest BCUT2D eigenvalue weighted by molar-refractivity contribution is -0.117. The summed E-state index contributed by atoms with van der Waals surface area (Å²) in [4.78, 5) is 22.1. The van der Waals surface area contributed by atoms with Crippen molar-refractivity contribution >= 4 is 28.5 Å². The van der Waals surface area contributed by atoms with E-state index in [1.807, 2.05) is 0 Å². The van der Waals surface area contributed by atoms with Crippen LogP contribution in [0.5, 0.6) is 0 Å². The zero-order valence-corrected chi connectivity index (χ0v) is 20.8. The number of carbonyl (C=O) groups is 1. The predicted molar refractivity (Wildman–Crippen MR) is 130 cm³/mol. The van der Waals surface area contributed by atoms with Crippen LogP contribution in [0.15, 0.2) is 17.1 Å². The molecule has 1 atom stereocenters. The molecule has 4 saturated carbocycles. The second-order valence-corrected chi connectivity index (χ2v) is 11.8. The van der Waals surface area contributed by atoms with Gasteiger partial charge < -0.3 is 4.90 Å². The van der Waals surface area contributed by atoms with Crippen LogP contribution < -0.4 is 4.90 Å². The molecule has 1 heterocycles. The lowest BCUT2D eigenvalue weighted by Crippen LogP contribution is -2.52. The quantitative estimate of drug-likeness (QED) is 0.497. The van der Waals surface area contributed by atoms with Gasteiger partial charge in [-0.05, 0) is 75.7 Å². The topological polar surface area (TPSA) is 35.9 Å². The van der Waals surface area contributed by atoms with E-state index in [1.165, 1.54) is 51.5 Å². The van der Waals surface area contributed by atoms with Crippen molar-refractivity contribution in [2.24, 2.45) is 22.7 Å². The van der Waals surface area contributed by atoms with Gasteiger partial charge in [-0.3, -0.25) is 14.7 Å². The maximum Gasteiger partial charge on any atom is 0.225 e. The molecule has 1 saturated heterocycles. The number of anilines is 1. The molecule has 0 N–H and O–H groups in total. The Balaban J connectivity index is 1.49. The first-order valence-electron chi connectivity index (χ1n) is 12.5. The lowest BCUT2D eigenvalue weighted by atomic mass is 9.53. The third-order valence-corrected chi connectivity index (χ3v) is 9.29. The van der Waals surface area contributed by atoms with Gasteiger partial charge in [0.05, 0.1) is 11.2 Å². The first kappa shape index (κ1) is 23.1. The van der Waals surface area contributed by atoms with Gasteiger partial charge in [0.1, 0.15) is 17.8 Å². The Kier molecular flexibility index (Phi) is 6.21. The highest BCUT2D eigenvalue weighted by atomic mass is 32.2. The number of benzene rings is 1. The van der Waals surface area contributed by atoms with Gasteiger partial charge in [-0.1, -0.05) is 25.1 Å². The number of halogens is 2. The summed E-state index contributed by atoms with van der Waals surface area (Å²) >= 11 is 1.71. The van der Waals surface area contributed by atoms with Gasteiger partial charge in [-0.2, -0.15) is 0 Å². The van der Waals surface area contributed by atoms with Gasteiger partial charge in [0.15, 0.2) is 5.17 Å². The number of amides is 1. The average Bonchev–Trinajstić information content (AvgIpc) is 3.10. The predicted octanol–water partition coefficient (Wildman–Crippen LogP) is 6.13. The van der Waals surface area contributed by atoms with E-state index in [2.05, 4.69) is 11.8 Å². The monoisotopic (exact) mass is 475 g/mol. The van der Waals surface area contributed by atoms with Crippen molar-refractivity contribution in [1.82, 2.24) is 4.90 Å². The molecule has 5 fully saturated rings. The van der Waals surface area contributed by atoms with Crippen LogP contribution in [0.25, 0.3) is 0 Å². The number of carbonyl (C=O) groups excluding carboxylic acids is 1. The minimum Gasteiger partial charge on any atom is -0.330 e. The SMILES string of the molecule is CCCCN1C(=NC23CC4CC(CC(C4)C2)C3)SCC1N(C(C)=O)c1cc(F)cc(F)c1C. The van der Waals surface area contributed by atoms with E-state index in [4.69, 9.17) is 4.99 Å². The second-order valence-electron chi connectivity index (χ2n) is 10.8. The molecule has 4 aliphatic carbocycles. The Bertz CT molecular complexity index is 930. The molecule has 6 rings (SSSR count). The third kappa shape index (κ3) is 4.30. The van der Waals surface area contributed by atoms with Crippen molar-refractivity contribution in [1.29, 1.82) is 0 Å². The molecule has 4 nitrogen and oxygen atoms in total. The highest BCUT2D eigenvalue weighted by Crippen LogP contribution is 2.57. The minimum atomic E-state index is -0.660. The molecule has 0 spiro atoms. The smallest absolute Gasteiger partial charge is 0.225 e. The van der Waals surface area contributed by atoms with Crippen LogP contribution in [0, 0.1) is 36.3 Å². The number of rotatable bonds is 6. The fourth-order valence-corrected chi connectivity index (χ4v) is 8.42. The molecular weight excluding hydrogens is 440 g/mol. The molecule has 4 bridgehead atoms. The molecule has 180 valence electrons. The van der Waals surface area contributed by atoms with E-state index < -0.39 is 11.6 Å². The van der Waals surface area contributed by atoms with Crippen molar-refractivity contribution in [3.05, 3.63) is 29.3 Å². The minimum absolute atomic E-state index is 0.0539. The fraction of sp³-hybridized carbons (Fsp3) is 0.692. The molecule has 1 aromatic carbocycles. The van der Waals surface area contributed by atoms with Crippen LogP contribution >= 0.6 is 11.8 Å². The first-order chi connectivity index (χ1) is 15.8. The summed E-state index contributed by atoms with van der Waals surface area (Å²) in [5.74, 6) is 1.63. The van der Waals surface area contributed by atoms with Crippen LogP contribution in [0.2, 0.25) is 0 Å². The summed E-state index contributed by atoms with van der Waals surface area (Å²) in [5.41, 5.74) is 0.680. The summed E-state index contributed by atoms with van der Waals surface area (Å²) < 4.78 is 28.6. The molecule has 0 aromatic heterocycles. The van der Waals surface area contributed by atoms with Crippen LogP contribution in [-0.2, 0) is 4.79 Å². The van der Waals surface area contributed by atoms with E-state index in [9.17, 15) is 13.6 Å². The Labute approximate surface area is 200 Å². The molecular formula is C26H35F2N3OS. The third-order valence-electron chi connectivity index (χ3n) is 8.24. The maximum absolute atomic E-state index is 14.4. The normalized spacial score (nSPS) is 33.8. The van der Waals surface area contributed by atoms with Crippen LogP contribution in [0.1, 0.15) is 70.8 Å². The molecule has 1 amide bonds. The molecule has 1 aliphatic heterocycles. The molecule has 0 radical (unpaired) electrons. The van der Waals surface area contributed by atoms with Gasteiger partial charge in [0.25, 0.3) is 0 Å². The van der Waals surface area contributed by atoms with E-state index in [0.29, 0.717) is 17.0 Å². The van der Waals surface area contributed by atoms with Crippen molar-refractivity contribution in [2.45, 2.75) is 83.8 Å². The number of hydrogen-bond donors (Lipinski definition) is 0. The number of nitrogens with zero attached hydrogens (tertiary/aromatic N) is 3. The Morgan fingerprint density at radius 2 is 1.82 bits per heavy atom. The van der Waals surface area contributed by atoms with Gasteiger partial charge in [0.2, 0.25) is 5.91 Å². The van der Waals surface area contributed by atoms with E-state index in [-0.39, 0.29) is 17.6 Å². The largest absolute Gasteiger partial charge is 0.330 e. The van der Waals surface area contributed by atoms with Crippen molar-refractivity contribution in [3.63, 3.8) is 0 Å². The van der Waals surface area contributed by atoms with Gasteiger partial charge in [0, 0.05) is 30.9 Å². The van der Waals surface area contributed by atoms with Crippen LogP contribution in [0.3, 0.4) is 0 Å². The molecule has 1 aromatic rings. The van der Waals surface area contributed by atoms with Crippen molar-refractivity contribution < 1.29 is 13.6 Å². The summed E-state index contributed by atoms with van der Waals surface area (Å²) in [7, 11) is 0. The second kappa shape index (κ2) is 8.86. The lowest BCUT2D eigenvalue weighted by Gasteiger charge is -2.55. The molecule has 33 heavy (non-hydrogen) atoms.